The van der Waals surface area contributed by atoms with E-state index in [1.807, 2.05) is 18.2 Å². The average Bonchev–Trinajstić information content (AvgIpc) is 2.74. The van der Waals surface area contributed by atoms with Gasteiger partial charge < -0.3 is 21.1 Å². The number of halogens is 1. The van der Waals surface area contributed by atoms with Crippen molar-refractivity contribution in [1.29, 1.82) is 0 Å². The lowest BCUT2D eigenvalue weighted by Gasteiger charge is -2.39. The Morgan fingerprint density at radius 3 is 2.37 bits per heavy atom. The maximum Gasteiger partial charge on any atom is 0.193 e. The van der Waals surface area contributed by atoms with Gasteiger partial charge in [0, 0.05) is 30.5 Å². The largest absolute Gasteiger partial charge is 0.381 e. The van der Waals surface area contributed by atoms with Crippen molar-refractivity contribution in [3.63, 3.8) is 0 Å². The van der Waals surface area contributed by atoms with Crippen LogP contribution < -0.4 is 16.4 Å². The zero-order chi connectivity index (χ0) is 20.7. The molecule has 1 atom stereocenters. The fraction of sp³-hybridized carbons (Fsp3) is 0.458. The van der Waals surface area contributed by atoms with Crippen molar-refractivity contribution in [2.75, 3.05) is 25.1 Å². The van der Waals surface area contributed by atoms with Crippen molar-refractivity contribution in [3.05, 3.63) is 65.7 Å². The summed E-state index contributed by atoms with van der Waals surface area (Å²) in [4.78, 5) is 4.70. The van der Waals surface area contributed by atoms with Gasteiger partial charge in [0.1, 0.15) is 0 Å². The summed E-state index contributed by atoms with van der Waals surface area (Å²) in [6.45, 7) is 8.68. The first-order valence-electron chi connectivity index (χ1n) is 10.5. The summed E-state index contributed by atoms with van der Waals surface area (Å²) in [5, 5.41) is 7.07. The van der Waals surface area contributed by atoms with Crippen molar-refractivity contribution in [2.45, 2.75) is 51.1 Å². The van der Waals surface area contributed by atoms with Gasteiger partial charge in [-0.25, -0.2) is 0 Å². The zero-order valence-corrected chi connectivity index (χ0v) is 20.6. The van der Waals surface area contributed by atoms with E-state index in [9.17, 15) is 0 Å². The first-order chi connectivity index (χ1) is 14.0. The van der Waals surface area contributed by atoms with Crippen LogP contribution in [0.15, 0.2) is 59.6 Å². The number of benzene rings is 2. The minimum absolute atomic E-state index is 0. The Balaban J connectivity index is 0.00000320. The third-order valence-corrected chi connectivity index (χ3v) is 5.65. The predicted octanol–water partition coefficient (Wildman–Crippen LogP) is 5.05. The van der Waals surface area contributed by atoms with Gasteiger partial charge in [-0.05, 0) is 48.9 Å². The van der Waals surface area contributed by atoms with E-state index in [1.54, 1.807) is 0 Å². The van der Waals surface area contributed by atoms with E-state index in [4.69, 9.17) is 15.5 Å². The molecule has 0 radical (unpaired) electrons. The SMILES string of the molecule is CC(C)c1cccc(NC(N)=NCC2(NC(C)c3ccccc3)CCOCC2)c1.I. The molecule has 0 spiro atoms. The molecule has 6 heteroatoms. The highest BCUT2D eigenvalue weighted by atomic mass is 127. The van der Waals surface area contributed by atoms with Crippen LogP contribution in [0, 0.1) is 0 Å². The maximum atomic E-state index is 6.23. The van der Waals surface area contributed by atoms with E-state index in [1.165, 1.54) is 11.1 Å². The van der Waals surface area contributed by atoms with E-state index < -0.39 is 0 Å². The number of anilines is 1. The second kappa shape index (κ2) is 11.7. The number of nitrogens with two attached hydrogens (primary N) is 1. The summed E-state index contributed by atoms with van der Waals surface area (Å²) in [5.74, 6) is 0.926. The number of guanidine groups is 1. The van der Waals surface area contributed by atoms with Gasteiger partial charge in [0.2, 0.25) is 0 Å². The Bertz CT molecular complexity index is 804. The number of nitrogens with zero attached hydrogens (tertiary/aromatic N) is 1. The molecule has 4 N–H and O–H groups in total. The number of hydrogen-bond acceptors (Lipinski definition) is 3. The van der Waals surface area contributed by atoms with Crippen LogP contribution in [0.5, 0.6) is 0 Å². The molecule has 5 nitrogen and oxygen atoms in total. The zero-order valence-electron chi connectivity index (χ0n) is 18.2. The first-order valence-corrected chi connectivity index (χ1v) is 10.5. The molecule has 2 aromatic rings. The lowest BCUT2D eigenvalue weighted by atomic mass is 9.88. The molecule has 1 aliphatic rings. The average molecular weight is 522 g/mol. The molecule has 0 bridgehead atoms. The highest BCUT2D eigenvalue weighted by Crippen LogP contribution is 2.26. The van der Waals surface area contributed by atoms with Crippen molar-refractivity contribution in [1.82, 2.24) is 5.32 Å². The third-order valence-electron chi connectivity index (χ3n) is 5.65. The van der Waals surface area contributed by atoms with E-state index in [0.29, 0.717) is 18.4 Å². The molecule has 3 rings (SSSR count). The van der Waals surface area contributed by atoms with E-state index in [-0.39, 0.29) is 35.6 Å². The summed E-state index contributed by atoms with van der Waals surface area (Å²) < 4.78 is 5.61. The number of nitrogens with one attached hydrogen (secondary N) is 2. The van der Waals surface area contributed by atoms with Crippen molar-refractivity contribution in [3.8, 4) is 0 Å². The van der Waals surface area contributed by atoms with Gasteiger partial charge in [-0.15, -0.1) is 24.0 Å². The summed E-state index contributed by atoms with van der Waals surface area (Å²) >= 11 is 0. The van der Waals surface area contributed by atoms with Crippen LogP contribution in [-0.4, -0.2) is 31.3 Å². The lowest BCUT2D eigenvalue weighted by molar-refractivity contribution is 0.0375. The standard InChI is InChI=1S/C24H34N4O.HI/c1-18(2)21-10-7-11-22(16-21)27-23(25)26-17-24(12-14-29-15-13-24)28-19(3)20-8-5-4-6-9-20;/h4-11,16,18-19,28H,12-15,17H2,1-3H3,(H3,25,26,27);1H. The van der Waals surface area contributed by atoms with Crippen LogP contribution >= 0.6 is 24.0 Å². The Labute approximate surface area is 197 Å². The Morgan fingerprint density at radius 1 is 1.03 bits per heavy atom. The number of hydrogen-bond donors (Lipinski definition) is 3. The number of rotatable bonds is 7. The monoisotopic (exact) mass is 522 g/mol. The second-order valence-electron chi connectivity index (χ2n) is 8.28. The molecular formula is C24H35IN4O. The van der Waals surface area contributed by atoms with Crippen molar-refractivity contribution < 1.29 is 4.74 Å². The minimum Gasteiger partial charge on any atom is -0.381 e. The highest BCUT2D eigenvalue weighted by Gasteiger charge is 2.33. The molecular weight excluding hydrogens is 487 g/mol. The van der Waals surface area contributed by atoms with Gasteiger partial charge in [0.15, 0.2) is 5.96 Å². The quantitative estimate of drug-likeness (QED) is 0.270. The van der Waals surface area contributed by atoms with Crippen LogP contribution in [-0.2, 0) is 4.74 Å². The van der Waals surface area contributed by atoms with Crippen molar-refractivity contribution >= 4 is 35.6 Å². The van der Waals surface area contributed by atoms with Crippen LogP contribution in [0.4, 0.5) is 5.69 Å². The maximum absolute atomic E-state index is 6.23. The molecule has 0 aliphatic carbocycles. The van der Waals surface area contributed by atoms with Crippen LogP contribution in [0.1, 0.15) is 56.7 Å². The second-order valence-corrected chi connectivity index (χ2v) is 8.28. The van der Waals surface area contributed by atoms with Crippen LogP contribution in [0.3, 0.4) is 0 Å². The molecule has 164 valence electrons. The summed E-state index contributed by atoms with van der Waals surface area (Å²) in [5.41, 5.74) is 9.65. The molecule has 0 amide bonds. The normalized spacial score (nSPS) is 17.3. The highest BCUT2D eigenvalue weighted by molar-refractivity contribution is 14.0. The van der Waals surface area contributed by atoms with Gasteiger partial charge in [-0.3, -0.25) is 4.99 Å². The van der Waals surface area contributed by atoms with Crippen LogP contribution in [0.2, 0.25) is 0 Å². The van der Waals surface area contributed by atoms with Gasteiger partial charge in [-0.2, -0.15) is 0 Å². The molecule has 1 heterocycles. The fourth-order valence-corrected chi connectivity index (χ4v) is 3.79. The first kappa shape index (κ1) is 24.6. The Kier molecular flexibility index (Phi) is 9.58. The Morgan fingerprint density at radius 2 is 1.70 bits per heavy atom. The van der Waals surface area contributed by atoms with Gasteiger partial charge in [-0.1, -0.05) is 56.3 Å². The summed E-state index contributed by atoms with van der Waals surface area (Å²) in [6, 6.07) is 19.1. The third kappa shape index (κ3) is 6.96. The van der Waals surface area contributed by atoms with E-state index in [2.05, 4.69) is 67.8 Å². The minimum atomic E-state index is -0.112. The molecule has 2 aromatic carbocycles. The topological polar surface area (TPSA) is 71.7 Å². The molecule has 30 heavy (non-hydrogen) atoms. The molecule has 0 aromatic heterocycles. The van der Waals surface area contributed by atoms with E-state index in [0.717, 1.165) is 31.7 Å². The van der Waals surface area contributed by atoms with Gasteiger partial charge in [0.05, 0.1) is 6.54 Å². The summed E-state index contributed by atoms with van der Waals surface area (Å²) in [6.07, 6.45) is 1.84. The van der Waals surface area contributed by atoms with Crippen molar-refractivity contribution in [2.24, 2.45) is 10.7 Å². The van der Waals surface area contributed by atoms with E-state index >= 15 is 0 Å². The molecule has 1 aliphatic heterocycles. The lowest BCUT2D eigenvalue weighted by Crippen LogP contribution is -2.53. The molecule has 1 saturated heterocycles. The Hall–Kier alpha value is -1.64. The molecule has 0 saturated carbocycles. The van der Waals surface area contributed by atoms with Gasteiger partial charge >= 0.3 is 0 Å². The number of ether oxygens (including phenoxy) is 1. The molecule has 1 unspecified atom stereocenters. The van der Waals surface area contributed by atoms with Gasteiger partial charge in [0.25, 0.3) is 0 Å². The molecule has 1 fully saturated rings. The fourth-order valence-electron chi connectivity index (χ4n) is 3.79. The number of aliphatic imine (C=N–C) groups is 1. The van der Waals surface area contributed by atoms with Crippen LogP contribution in [0.25, 0.3) is 0 Å². The smallest absolute Gasteiger partial charge is 0.193 e. The summed E-state index contributed by atoms with van der Waals surface area (Å²) in [7, 11) is 0. The predicted molar refractivity (Wildman–Crippen MR) is 137 cm³/mol.